The van der Waals surface area contributed by atoms with Gasteiger partial charge in [-0.05, 0) is 24.0 Å². The molecule has 3 rings (SSSR count). The summed E-state index contributed by atoms with van der Waals surface area (Å²) in [5.74, 6) is 0.171. The molecule has 0 atom stereocenters. The van der Waals surface area contributed by atoms with Crippen LogP contribution in [-0.2, 0) is 11.8 Å². The third-order valence-corrected chi connectivity index (χ3v) is 4.78. The number of hydrogen-bond acceptors (Lipinski definition) is 4. The fourth-order valence-electron chi connectivity index (χ4n) is 2.73. The lowest BCUT2D eigenvalue weighted by Crippen LogP contribution is -2.27. The first-order valence-electron chi connectivity index (χ1n) is 7.02. The number of thiazole rings is 1. The lowest BCUT2D eigenvalue weighted by Gasteiger charge is -2.28. The zero-order valence-electron chi connectivity index (χ0n) is 12.5. The molecular weight excluding hydrogens is 282 g/mol. The summed E-state index contributed by atoms with van der Waals surface area (Å²) in [5.41, 5.74) is 5.15. The van der Waals surface area contributed by atoms with E-state index in [0.717, 1.165) is 22.4 Å². The average molecular weight is 301 g/mol. The van der Waals surface area contributed by atoms with Crippen LogP contribution in [0.15, 0.2) is 41.1 Å². The molecule has 1 aromatic heterocycles. The Hall–Kier alpha value is -1.88. The molecule has 110 valence electrons. The third kappa shape index (κ3) is 2.93. The highest BCUT2D eigenvalue weighted by molar-refractivity contribution is 7.16. The summed E-state index contributed by atoms with van der Waals surface area (Å²) in [6.45, 7) is 4.22. The van der Waals surface area contributed by atoms with Gasteiger partial charge in [0.2, 0.25) is 4.80 Å². The summed E-state index contributed by atoms with van der Waals surface area (Å²) in [6, 6.07) is 8.22. The lowest BCUT2D eigenvalue weighted by atomic mass is 9.79. The maximum Gasteiger partial charge on any atom is 0.208 e. The smallest absolute Gasteiger partial charge is 0.208 e. The minimum atomic E-state index is 0.00599. The van der Waals surface area contributed by atoms with Crippen LogP contribution in [0, 0.1) is 5.41 Å². The van der Waals surface area contributed by atoms with Crippen LogP contribution in [0.3, 0.4) is 0 Å². The maximum absolute atomic E-state index is 11.7. The Labute approximate surface area is 127 Å². The molecule has 0 radical (unpaired) electrons. The fourth-order valence-corrected chi connectivity index (χ4v) is 3.71. The van der Waals surface area contributed by atoms with Crippen molar-refractivity contribution in [3.8, 4) is 0 Å². The monoisotopic (exact) mass is 301 g/mol. The molecule has 21 heavy (non-hydrogen) atoms. The number of rotatable bonds is 2. The van der Waals surface area contributed by atoms with Crippen molar-refractivity contribution < 1.29 is 4.79 Å². The van der Waals surface area contributed by atoms with Gasteiger partial charge in [-0.3, -0.25) is 10.2 Å². The zero-order chi connectivity index (χ0) is 15.0. The molecule has 0 saturated carbocycles. The Bertz CT molecular complexity index is 795. The molecular formula is C16H19N3OS. The molecule has 0 fully saturated rings. The van der Waals surface area contributed by atoms with Crippen LogP contribution < -0.4 is 10.2 Å². The van der Waals surface area contributed by atoms with E-state index < -0.39 is 0 Å². The average Bonchev–Trinajstić information content (AvgIpc) is 2.72. The van der Waals surface area contributed by atoms with Gasteiger partial charge in [0.1, 0.15) is 0 Å². The number of carbonyl (C=O) groups excluding carboxylic acids is 1. The minimum Gasteiger partial charge on any atom is -0.318 e. The normalized spacial score (nSPS) is 18.9. The summed E-state index contributed by atoms with van der Waals surface area (Å²) in [6.07, 6.45) is 3.13. The number of aromatic nitrogens is 1. The molecule has 4 nitrogen and oxygen atoms in total. The van der Waals surface area contributed by atoms with E-state index in [9.17, 15) is 4.79 Å². The van der Waals surface area contributed by atoms with Gasteiger partial charge in [-0.25, -0.2) is 0 Å². The van der Waals surface area contributed by atoms with E-state index >= 15 is 0 Å². The van der Waals surface area contributed by atoms with Crippen LogP contribution in [-0.4, -0.2) is 10.4 Å². The van der Waals surface area contributed by atoms with Gasteiger partial charge in [0.05, 0.1) is 10.2 Å². The second-order valence-corrected chi connectivity index (χ2v) is 7.30. The topological polar surface area (TPSA) is 46.4 Å². The van der Waals surface area contributed by atoms with E-state index in [-0.39, 0.29) is 11.2 Å². The molecule has 0 aliphatic heterocycles. The number of aryl methyl sites for hydroxylation is 1. The van der Waals surface area contributed by atoms with E-state index in [1.807, 2.05) is 19.2 Å². The Balaban J connectivity index is 1.91. The molecule has 2 aromatic rings. The first kappa shape index (κ1) is 14.1. The predicted octanol–water partition coefficient (Wildman–Crippen LogP) is 2.92. The van der Waals surface area contributed by atoms with Crippen molar-refractivity contribution in [2.45, 2.75) is 26.7 Å². The van der Waals surface area contributed by atoms with Crippen molar-refractivity contribution in [2.75, 3.05) is 0 Å². The van der Waals surface area contributed by atoms with Gasteiger partial charge in [0.25, 0.3) is 0 Å². The fraction of sp³-hybridized carbons (Fsp3) is 0.375. The Morgan fingerprint density at radius 1 is 1.29 bits per heavy atom. The Kier molecular flexibility index (Phi) is 3.45. The molecule has 1 aliphatic carbocycles. The quantitative estimate of drug-likeness (QED) is 0.867. The highest BCUT2D eigenvalue weighted by atomic mass is 32.1. The molecule has 1 aromatic carbocycles. The molecule has 1 heterocycles. The van der Waals surface area contributed by atoms with E-state index in [2.05, 4.69) is 41.1 Å². The molecule has 0 spiro atoms. The molecule has 1 aliphatic rings. The summed E-state index contributed by atoms with van der Waals surface area (Å²) in [5, 5.41) is 4.48. The number of carbonyl (C=O) groups is 1. The van der Waals surface area contributed by atoms with E-state index in [0.29, 0.717) is 6.42 Å². The van der Waals surface area contributed by atoms with Gasteiger partial charge in [0.15, 0.2) is 5.78 Å². The second-order valence-electron chi connectivity index (χ2n) is 6.29. The highest BCUT2D eigenvalue weighted by Crippen LogP contribution is 2.32. The molecule has 0 bridgehead atoms. The summed E-state index contributed by atoms with van der Waals surface area (Å²) in [7, 11) is 2.00. The van der Waals surface area contributed by atoms with Crippen LogP contribution >= 0.6 is 11.3 Å². The number of fused-ring (bicyclic) bond motifs is 1. The first-order valence-corrected chi connectivity index (χ1v) is 7.84. The number of hydrogen-bond donors (Lipinski definition) is 1. The van der Waals surface area contributed by atoms with E-state index in [1.54, 1.807) is 17.4 Å². The number of allylic oxidation sites excluding steroid dienone is 2. The number of nitrogens with one attached hydrogen (secondary N) is 1. The third-order valence-electron chi connectivity index (χ3n) is 3.67. The predicted molar refractivity (Wildman–Crippen MR) is 85.6 cm³/mol. The standard InChI is InChI=1S/C16H19N3OS/c1-16(2)9-11(8-12(20)10-16)17-18-15-19(3)13-6-4-5-7-14(13)21-15/h4-8,17H,9-10H2,1-3H3/b18-15-. The van der Waals surface area contributed by atoms with Gasteiger partial charge in [0, 0.05) is 25.2 Å². The van der Waals surface area contributed by atoms with Crippen molar-refractivity contribution >= 4 is 27.3 Å². The van der Waals surface area contributed by atoms with Gasteiger partial charge in [-0.15, -0.1) is 5.10 Å². The second kappa shape index (κ2) is 5.15. The van der Waals surface area contributed by atoms with Crippen molar-refractivity contribution in [3.63, 3.8) is 0 Å². The SMILES string of the molecule is Cn1/c(=N/NC2=CC(=O)CC(C)(C)C2)sc2ccccc21. The maximum atomic E-state index is 11.7. The molecule has 1 N–H and O–H groups in total. The van der Waals surface area contributed by atoms with Crippen LogP contribution in [0.25, 0.3) is 10.2 Å². The van der Waals surface area contributed by atoms with Crippen molar-refractivity contribution in [1.82, 2.24) is 9.99 Å². The van der Waals surface area contributed by atoms with Crippen LogP contribution in [0.4, 0.5) is 0 Å². The summed E-state index contributed by atoms with van der Waals surface area (Å²) < 4.78 is 3.26. The zero-order valence-corrected chi connectivity index (χ0v) is 13.3. The number of ketones is 1. The Morgan fingerprint density at radius 2 is 2.05 bits per heavy atom. The van der Waals surface area contributed by atoms with Gasteiger partial charge in [-0.1, -0.05) is 37.3 Å². The number of nitrogens with zero attached hydrogens (tertiary/aromatic N) is 2. The molecule has 5 heteroatoms. The molecule has 0 amide bonds. The lowest BCUT2D eigenvalue weighted by molar-refractivity contribution is -0.117. The summed E-state index contributed by atoms with van der Waals surface area (Å²) >= 11 is 1.63. The summed E-state index contributed by atoms with van der Waals surface area (Å²) in [4.78, 5) is 12.6. The van der Waals surface area contributed by atoms with Crippen molar-refractivity contribution in [1.29, 1.82) is 0 Å². The van der Waals surface area contributed by atoms with Gasteiger partial charge >= 0.3 is 0 Å². The van der Waals surface area contributed by atoms with Gasteiger partial charge < -0.3 is 4.57 Å². The van der Waals surface area contributed by atoms with Crippen LogP contribution in [0.2, 0.25) is 0 Å². The number of para-hydroxylation sites is 1. The van der Waals surface area contributed by atoms with Gasteiger partial charge in [-0.2, -0.15) is 0 Å². The molecule has 0 saturated heterocycles. The van der Waals surface area contributed by atoms with Crippen molar-refractivity contribution in [2.24, 2.45) is 17.6 Å². The number of benzene rings is 1. The molecule has 0 unspecified atom stereocenters. The largest absolute Gasteiger partial charge is 0.318 e. The van der Waals surface area contributed by atoms with Crippen LogP contribution in [0.5, 0.6) is 0 Å². The highest BCUT2D eigenvalue weighted by Gasteiger charge is 2.27. The van der Waals surface area contributed by atoms with Crippen molar-refractivity contribution in [3.05, 3.63) is 40.8 Å². The minimum absolute atomic E-state index is 0.00599. The Morgan fingerprint density at radius 3 is 2.76 bits per heavy atom. The van der Waals surface area contributed by atoms with E-state index in [4.69, 9.17) is 0 Å². The first-order chi connectivity index (χ1) is 9.94. The van der Waals surface area contributed by atoms with E-state index in [1.165, 1.54) is 4.70 Å². The van der Waals surface area contributed by atoms with Crippen LogP contribution in [0.1, 0.15) is 26.7 Å².